The van der Waals surface area contributed by atoms with E-state index in [1.807, 2.05) is 6.33 Å². The molecule has 106 valence electrons. The molecule has 19 heavy (non-hydrogen) atoms. The Bertz CT molecular complexity index is 395. The molecule has 2 aliphatic rings. The third-order valence-corrected chi connectivity index (χ3v) is 4.77. The molecule has 4 nitrogen and oxygen atoms in total. The summed E-state index contributed by atoms with van der Waals surface area (Å²) in [5.74, 6) is 0. The van der Waals surface area contributed by atoms with Gasteiger partial charge in [0, 0.05) is 31.6 Å². The molecule has 1 aliphatic carbocycles. The number of likely N-dealkylation sites (N-methyl/N-ethyl adjacent to an activating group) is 1. The third kappa shape index (κ3) is 3.00. The van der Waals surface area contributed by atoms with Gasteiger partial charge in [0.1, 0.15) is 0 Å². The fraction of sp³-hybridized carbons (Fsp3) is 0.800. The number of aromatic nitrogens is 2. The summed E-state index contributed by atoms with van der Waals surface area (Å²) in [4.78, 5) is 10.3. The quantitative estimate of drug-likeness (QED) is 0.873. The Balaban J connectivity index is 1.57. The van der Waals surface area contributed by atoms with Gasteiger partial charge in [-0.25, -0.2) is 4.98 Å². The van der Waals surface area contributed by atoms with E-state index >= 15 is 0 Å². The minimum atomic E-state index is 0.567. The van der Waals surface area contributed by atoms with Crippen molar-refractivity contribution in [1.82, 2.24) is 20.2 Å². The summed E-state index contributed by atoms with van der Waals surface area (Å²) < 4.78 is 0. The van der Waals surface area contributed by atoms with Crippen molar-refractivity contribution in [1.29, 1.82) is 0 Å². The number of imidazole rings is 1. The number of rotatable bonds is 4. The van der Waals surface area contributed by atoms with Gasteiger partial charge in [0.15, 0.2) is 0 Å². The summed E-state index contributed by atoms with van der Waals surface area (Å²) in [6.45, 7) is 5.60. The van der Waals surface area contributed by atoms with E-state index in [2.05, 4.69) is 27.1 Å². The monoisotopic (exact) mass is 262 g/mol. The normalized spacial score (nSPS) is 24.6. The van der Waals surface area contributed by atoms with Gasteiger partial charge in [-0.1, -0.05) is 26.2 Å². The molecule has 4 heteroatoms. The molecule has 0 spiro atoms. The zero-order valence-corrected chi connectivity index (χ0v) is 12.0. The molecule has 3 rings (SSSR count). The molecular formula is C15H26N4. The minimum Gasteiger partial charge on any atom is -0.347 e. The van der Waals surface area contributed by atoms with Gasteiger partial charge in [0.05, 0.1) is 17.7 Å². The molecule has 0 aromatic carbocycles. The molecule has 0 bridgehead atoms. The van der Waals surface area contributed by atoms with Gasteiger partial charge < -0.3 is 10.3 Å². The molecule has 1 aliphatic heterocycles. The van der Waals surface area contributed by atoms with Gasteiger partial charge in [-0.15, -0.1) is 0 Å². The molecule has 0 amide bonds. The molecule has 1 fully saturated rings. The van der Waals surface area contributed by atoms with Crippen molar-refractivity contribution in [2.75, 3.05) is 13.1 Å². The van der Waals surface area contributed by atoms with Crippen LogP contribution in [0.5, 0.6) is 0 Å². The highest BCUT2D eigenvalue weighted by molar-refractivity contribution is 5.16. The number of nitrogens with one attached hydrogen (secondary N) is 2. The molecule has 0 radical (unpaired) electrons. The molecule has 1 aromatic heterocycles. The van der Waals surface area contributed by atoms with Crippen molar-refractivity contribution in [3.8, 4) is 0 Å². The summed E-state index contributed by atoms with van der Waals surface area (Å²) >= 11 is 0. The maximum atomic E-state index is 4.44. The lowest BCUT2D eigenvalue weighted by atomic mass is 9.93. The molecule has 1 aromatic rings. The average molecular weight is 262 g/mol. The largest absolute Gasteiger partial charge is 0.347 e. The Labute approximate surface area is 116 Å². The Kier molecular flexibility index (Phi) is 4.18. The lowest BCUT2D eigenvalue weighted by Crippen LogP contribution is -2.48. The Morgan fingerprint density at radius 1 is 1.32 bits per heavy atom. The second-order valence-electron chi connectivity index (χ2n) is 5.99. The summed E-state index contributed by atoms with van der Waals surface area (Å²) in [6, 6.07) is 1.39. The zero-order valence-electron chi connectivity index (χ0n) is 12.0. The van der Waals surface area contributed by atoms with Crippen molar-refractivity contribution in [2.24, 2.45) is 0 Å². The van der Waals surface area contributed by atoms with Crippen LogP contribution in [0.25, 0.3) is 0 Å². The Hall–Kier alpha value is -0.870. The molecule has 1 unspecified atom stereocenters. The average Bonchev–Trinajstić information content (AvgIpc) is 2.93. The van der Waals surface area contributed by atoms with Crippen molar-refractivity contribution in [3.05, 3.63) is 17.7 Å². The molecule has 1 atom stereocenters. The predicted molar refractivity (Wildman–Crippen MR) is 77.0 cm³/mol. The van der Waals surface area contributed by atoms with Crippen LogP contribution in [0.1, 0.15) is 50.4 Å². The zero-order chi connectivity index (χ0) is 13.1. The fourth-order valence-electron chi connectivity index (χ4n) is 3.62. The van der Waals surface area contributed by atoms with Crippen LogP contribution in [-0.2, 0) is 13.0 Å². The second-order valence-corrected chi connectivity index (χ2v) is 5.99. The SMILES string of the molecule is CCN(CC1Cc2nc[nH]c2CN1)C1CCCCC1. The second kappa shape index (κ2) is 6.06. The van der Waals surface area contributed by atoms with Crippen LogP contribution in [0, 0.1) is 0 Å². The van der Waals surface area contributed by atoms with Crippen molar-refractivity contribution in [2.45, 2.75) is 64.1 Å². The van der Waals surface area contributed by atoms with E-state index < -0.39 is 0 Å². The first-order chi connectivity index (χ1) is 9.36. The van der Waals surface area contributed by atoms with Crippen LogP contribution in [-0.4, -0.2) is 40.0 Å². The number of nitrogens with zero attached hydrogens (tertiary/aromatic N) is 2. The molecule has 2 N–H and O–H groups in total. The van der Waals surface area contributed by atoms with Crippen LogP contribution in [0.2, 0.25) is 0 Å². The smallest absolute Gasteiger partial charge is 0.0925 e. The predicted octanol–water partition coefficient (Wildman–Crippen LogP) is 2.08. The van der Waals surface area contributed by atoms with E-state index in [0.717, 1.165) is 19.0 Å². The maximum absolute atomic E-state index is 4.44. The lowest BCUT2D eigenvalue weighted by Gasteiger charge is -2.37. The third-order valence-electron chi connectivity index (χ3n) is 4.77. The highest BCUT2D eigenvalue weighted by Crippen LogP contribution is 2.23. The fourth-order valence-corrected chi connectivity index (χ4v) is 3.62. The number of aromatic amines is 1. The van der Waals surface area contributed by atoms with Crippen molar-refractivity contribution in [3.63, 3.8) is 0 Å². The first-order valence-corrected chi connectivity index (χ1v) is 7.85. The van der Waals surface area contributed by atoms with Crippen molar-refractivity contribution >= 4 is 0 Å². The van der Waals surface area contributed by atoms with E-state index in [4.69, 9.17) is 0 Å². The van der Waals surface area contributed by atoms with Gasteiger partial charge in [0.2, 0.25) is 0 Å². The van der Waals surface area contributed by atoms with Gasteiger partial charge in [-0.2, -0.15) is 0 Å². The van der Waals surface area contributed by atoms with Crippen LogP contribution in [0.4, 0.5) is 0 Å². The summed E-state index contributed by atoms with van der Waals surface area (Å²) in [5, 5.41) is 3.65. The summed E-state index contributed by atoms with van der Waals surface area (Å²) in [5.41, 5.74) is 2.54. The Morgan fingerprint density at radius 2 is 2.16 bits per heavy atom. The molecular weight excluding hydrogens is 236 g/mol. The molecule has 0 saturated heterocycles. The van der Waals surface area contributed by atoms with Gasteiger partial charge >= 0.3 is 0 Å². The number of fused-ring (bicyclic) bond motifs is 1. The summed E-state index contributed by atoms with van der Waals surface area (Å²) in [7, 11) is 0. The van der Waals surface area contributed by atoms with Crippen molar-refractivity contribution < 1.29 is 0 Å². The highest BCUT2D eigenvalue weighted by atomic mass is 15.2. The minimum absolute atomic E-state index is 0.567. The van der Waals surface area contributed by atoms with E-state index in [1.54, 1.807) is 0 Å². The van der Waals surface area contributed by atoms with Crippen LogP contribution in [0.15, 0.2) is 6.33 Å². The highest BCUT2D eigenvalue weighted by Gasteiger charge is 2.25. The van der Waals surface area contributed by atoms with E-state index in [9.17, 15) is 0 Å². The lowest BCUT2D eigenvalue weighted by molar-refractivity contribution is 0.145. The Morgan fingerprint density at radius 3 is 2.95 bits per heavy atom. The van der Waals surface area contributed by atoms with Gasteiger partial charge in [-0.05, 0) is 19.4 Å². The van der Waals surface area contributed by atoms with E-state index in [-0.39, 0.29) is 0 Å². The first kappa shape index (κ1) is 13.1. The molecule has 1 saturated carbocycles. The number of hydrogen-bond donors (Lipinski definition) is 2. The van der Waals surface area contributed by atoms with Crippen LogP contribution in [0.3, 0.4) is 0 Å². The topological polar surface area (TPSA) is 44.0 Å². The summed E-state index contributed by atoms with van der Waals surface area (Å²) in [6.07, 6.45) is 9.97. The van der Waals surface area contributed by atoms with E-state index in [1.165, 1.54) is 56.6 Å². The van der Waals surface area contributed by atoms with E-state index in [0.29, 0.717) is 6.04 Å². The van der Waals surface area contributed by atoms with Crippen LogP contribution >= 0.6 is 0 Å². The molecule has 2 heterocycles. The number of H-pyrrole nitrogens is 1. The standard InChI is InChI=1S/C15H26N4/c1-2-19(13-6-4-3-5-7-13)10-12-8-14-15(9-16-12)18-11-17-14/h11-13,16H,2-10H2,1H3,(H,17,18). The van der Waals surface area contributed by atoms with Gasteiger partial charge in [0.25, 0.3) is 0 Å². The van der Waals surface area contributed by atoms with Gasteiger partial charge in [-0.3, -0.25) is 4.90 Å². The first-order valence-electron chi connectivity index (χ1n) is 7.85. The maximum Gasteiger partial charge on any atom is 0.0925 e. The van der Waals surface area contributed by atoms with Crippen LogP contribution < -0.4 is 5.32 Å². The number of hydrogen-bond acceptors (Lipinski definition) is 3.